The zero-order chi connectivity index (χ0) is 6.15. The van der Waals surface area contributed by atoms with Crippen LogP contribution in [0.5, 0.6) is 0 Å². The van der Waals surface area contributed by atoms with Crippen LogP contribution in [0.15, 0.2) is 0 Å². The molecule has 0 radical (unpaired) electrons. The third-order valence-electron chi connectivity index (χ3n) is 0.895. The largest absolute Gasteiger partial charge is 0.242 e. The molecule has 2 nitrogen and oxygen atoms in total. The van der Waals surface area contributed by atoms with Crippen LogP contribution in [0.2, 0.25) is 0 Å². The van der Waals surface area contributed by atoms with Gasteiger partial charge < -0.3 is 0 Å². The molecule has 1 atom stereocenters. The van der Waals surface area contributed by atoms with Crippen molar-refractivity contribution in [3.63, 3.8) is 0 Å². The molecule has 1 unspecified atom stereocenters. The van der Waals surface area contributed by atoms with Gasteiger partial charge in [-0.25, -0.2) is 8.43 Å². The van der Waals surface area contributed by atoms with Gasteiger partial charge in [-0.1, -0.05) is 0 Å². The molecule has 1 aliphatic heterocycles. The van der Waals surface area contributed by atoms with Gasteiger partial charge in [-0.05, 0) is 28.1 Å². The second-order valence-electron chi connectivity index (χ2n) is 1.46. The summed E-state index contributed by atoms with van der Waals surface area (Å²) < 4.78 is 4.36. The zero-order valence-corrected chi connectivity index (χ0v) is 8.24. The van der Waals surface area contributed by atoms with E-state index >= 15 is 0 Å². The van der Waals surface area contributed by atoms with Crippen LogP contribution in [0, 0.1) is 0 Å². The number of halogens is 1. The van der Waals surface area contributed by atoms with Crippen molar-refractivity contribution in [3.05, 3.63) is 0 Å². The number of nitrogens with zero attached hydrogens (tertiary/aromatic N) is 1. The van der Waals surface area contributed by atoms with E-state index in [9.17, 15) is 0 Å². The summed E-state index contributed by atoms with van der Waals surface area (Å²) in [4.78, 5) is 2.03. The highest BCUT2D eigenvalue weighted by Crippen LogP contribution is 2.17. The minimum absolute atomic E-state index is 0.0206. The second kappa shape index (κ2) is 2.87. The van der Waals surface area contributed by atoms with Crippen molar-refractivity contribution < 1.29 is 0 Å². The molecule has 0 aromatic carbocycles. The Morgan fingerprint density at radius 3 is 2.62 bits per heavy atom. The Hall–Kier alpha value is 1.22. The Balaban J connectivity index is 2.59. The fourth-order valence-corrected chi connectivity index (χ4v) is 3.17. The predicted molar refractivity (Wildman–Crippen MR) is 51.7 cm³/mol. The molecule has 0 spiro atoms. The van der Waals surface area contributed by atoms with Gasteiger partial charge in [0, 0.05) is 0 Å². The Bertz CT molecular complexity index is 126. The van der Waals surface area contributed by atoms with E-state index in [0.29, 0.717) is 0 Å². The molecule has 0 bridgehead atoms. The molecule has 0 saturated heterocycles. The molecule has 8 heavy (non-hydrogen) atoms. The van der Waals surface area contributed by atoms with Gasteiger partial charge >= 0.3 is 0 Å². The van der Waals surface area contributed by atoms with Crippen LogP contribution in [-0.2, 0) is 0 Å². The van der Waals surface area contributed by atoms with Gasteiger partial charge in [0.05, 0.1) is 2.96 Å². The molecule has 1 rings (SSSR count). The first kappa shape index (κ1) is 7.33. The molecule has 1 aliphatic rings. The number of hydrogen-bond donors (Lipinski definition) is 3. The highest BCUT2D eigenvalue weighted by Gasteiger charge is 2.16. The summed E-state index contributed by atoms with van der Waals surface area (Å²) in [5.74, 6) is 0. The lowest BCUT2D eigenvalue weighted by molar-refractivity contribution is 0.496. The number of rotatable bonds is 0. The van der Waals surface area contributed by atoms with Crippen LogP contribution in [-0.4, -0.2) is 20.4 Å². The molecule has 0 saturated carbocycles. The van der Waals surface area contributed by atoms with Crippen molar-refractivity contribution in [1.82, 2.24) is 8.43 Å². The van der Waals surface area contributed by atoms with Crippen LogP contribution in [0.25, 0.3) is 0 Å². The summed E-state index contributed by atoms with van der Waals surface area (Å²) >= 11 is 8.43. The third-order valence-corrected chi connectivity index (χ3v) is 4.89. The molecule has 0 aromatic rings. The first-order chi connectivity index (χ1) is 3.72. The first-order valence-electron chi connectivity index (χ1n) is 2.08. The second-order valence-corrected chi connectivity index (χ2v) is 5.41. The number of thiol groups is 2. The van der Waals surface area contributed by atoms with Crippen LogP contribution >= 0.6 is 46.3 Å². The van der Waals surface area contributed by atoms with E-state index < -0.39 is 0 Å². The van der Waals surface area contributed by atoms with E-state index in [4.69, 9.17) is 0 Å². The standard InChI is InChI=1S/C3H7IN2S2/c1-6-2(7)4-5-3(6)8/h3,5,7-8H,1H3. The van der Waals surface area contributed by atoms with Gasteiger partial charge in [-0.2, -0.15) is 0 Å². The zero-order valence-electron chi connectivity index (χ0n) is 4.30. The van der Waals surface area contributed by atoms with Crippen LogP contribution < -0.4 is 3.53 Å². The van der Waals surface area contributed by atoms with E-state index in [-0.39, 0.29) is 26.5 Å². The lowest BCUT2D eigenvalue weighted by atomic mass is 10.9. The monoisotopic (exact) mass is 262 g/mol. The fraction of sp³-hybridized carbons (Fsp3) is 0.667. The third kappa shape index (κ3) is 1.38. The van der Waals surface area contributed by atoms with E-state index in [2.05, 4.69) is 28.8 Å². The van der Waals surface area contributed by atoms with E-state index in [1.807, 2.05) is 11.9 Å². The van der Waals surface area contributed by atoms with Crippen LogP contribution in [0.4, 0.5) is 0 Å². The predicted octanol–water partition coefficient (Wildman–Crippen LogP) is 0.638. The molecule has 0 aliphatic carbocycles. The van der Waals surface area contributed by atoms with E-state index in [1.165, 1.54) is 0 Å². The highest BCUT2D eigenvalue weighted by molar-refractivity contribution is 14.2. The summed E-state index contributed by atoms with van der Waals surface area (Å²) in [6.07, 6.45) is 0. The van der Waals surface area contributed by atoms with Crippen molar-refractivity contribution in [2.45, 2.75) is 5.50 Å². The molecule has 1 N–H and O–H groups in total. The van der Waals surface area contributed by atoms with Gasteiger partial charge in [-0.3, -0.25) is 0 Å². The molecule has 1 heterocycles. The minimum Gasteiger partial charge on any atom is -0.242 e. The SMILES string of the molecule is CN1C(S)=INC1S. The van der Waals surface area contributed by atoms with Crippen LogP contribution in [0.3, 0.4) is 0 Å². The summed E-state index contributed by atoms with van der Waals surface area (Å²) in [6.45, 7) is 0. The Labute approximate surface area is 69.9 Å². The van der Waals surface area contributed by atoms with Crippen molar-refractivity contribution in [3.8, 4) is 0 Å². The first-order valence-corrected chi connectivity index (χ1v) is 5.20. The maximum absolute atomic E-state index is 4.23. The van der Waals surface area contributed by atoms with Crippen molar-refractivity contribution in [2.75, 3.05) is 7.05 Å². The molecule has 0 fully saturated rings. The molecular formula is C3H7IN2S2. The molecule has 0 aromatic heterocycles. The maximum Gasteiger partial charge on any atom is 0.118 e. The molecular weight excluding hydrogens is 255 g/mol. The number of nitrogens with one attached hydrogen (secondary N) is 1. The van der Waals surface area contributed by atoms with Gasteiger partial charge in [0.2, 0.25) is 0 Å². The lowest BCUT2D eigenvalue weighted by Gasteiger charge is -2.12. The normalized spacial score (nSPS) is 31.9. The summed E-state index contributed by atoms with van der Waals surface area (Å²) in [5.41, 5.74) is 0.204. The topological polar surface area (TPSA) is 15.3 Å². The summed E-state index contributed by atoms with van der Waals surface area (Å²) in [6, 6.07) is 0. The number of hydrogen-bond acceptors (Lipinski definition) is 4. The lowest BCUT2D eigenvalue weighted by Crippen LogP contribution is -2.29. The minimum atomic E-state index is -0.0206. The smallest absolute Gasteiger partial charge is 0.118 e. The van der Waals surface area contributed by atoms with Crippen LogP contribution in [0.1, 0.15) is 0 Å². The molecule has 0 amide bonds. The maximum atomic E-state index is 4.23. The average Bonchev–Trinajstić information content (AvgIpc) is 1.98. The van der Waals surface area contributed by atoms with Gasteiger partial charge in [0.25, 0.3) is 0 Å². The van der Waals surface area contributed by atoms with Crippen molar-refractivity contribution >= 4 is 49.2 Å². The highest BCUT2D eigenvalue weighted by atomic mass is 127. The van der Waals surface area contributed by atoms with Gasteiger partial charge in [0.15, 0.2) is 0 Å². The average molecular weight is 262 g/mol. The Morgan fingerprint density at radius 1 is 1.88 bits per heavy atom. The Kier molecular flexibility index (Phi) is 2.63. The summed E-state index contributed by atoms with van der Waals surface area (Å²) in [5, 5.41) is 0. The quantitative estimate of drug-likeness (QED) is 0.337. The van der Waals surface area contributed by atoms with Crippen molar-refractivity contribution in [2.24, 2.45) is 0 Å². The molecule has 5 heteroatoms. The van der Waals surface area contributed by atoms with E-state index in [1.54, 1.807) is 0 Å². The molecule has 48 valence electrons. The fourth-order valence-electron chi connectivity index (χ4n) is 0.338. The van der Waals surface area contributed by atoms with E-state index in [0.717, 1.165) is 2.96 Å². The van der Waals surface area contributed by atoms with Crippen molar-refractivity contribution in [1.29, 1.82) is 0 Å². The Morgan fingerprint density at radius 2 is 2.50 bits per heavy atom. The van der Waals surface area contributed by atoms with Gasteiger partial charge in [-0.15, -0.1) is 25.3 Å². The summed E-state index contributed by atoms with van der Waals surface area (Å²) in [7, 11) is 1.99. The van der Waals surface area contributed by atoms with Gasteiger partial charge in [0.1, 0.15) is 5.50 Å².